The van der Waals surface area contributed by atoms with Gasteiger partial charge in [0.2, 0.25) is 0 Å². The van der Waals surface area contributed by atoms with Gasteiger partial charge in [-0.3, -0.25) is 4.79 Å². The van der Waals surface area contributed by atoms with Gasteiger partial charge in [-0.05, 0) is 61.8 Å². The van der Waals surface area contributed by atoms with E-state index >= 15 is 0 Å². The molecule has 8 heteroatoms. The highest BCUT2D eigenvalue weighted by Gasteiger charge is 2.39. The molecule has 1 amide bonds. The number of nitrogens with zero attached hydrogens (tertiary/aromatic N) is 1. The Labute approximate surface area is 204 Å². The van der Waals surface area contributed by atoms with Crippen LogP contribution in [0.15, 0.2) is 30.3 Å². The zero-order valence-corrected chi connectivity index (χ0v) is 20.0. The van der Waals surface area contributed by atoms with Crippen molar-refractivity contribution < 1.29 is 14.7 Å². The molecule has 1 aliphatic heterocycles. The monoisotopic (exact) mass is 489 g/mol. The standard InChI is InChI=1S/C25H29Cl2N3O3/c26-18-8-4-9-19(27)22(18)24(31)30-21(25(32)33)10-3-1-2-6-16-14-17(16)20-12-11-15-7-5-13-28-23(15)29-20/h4,8-9,11-12,16-17,21H,1-3,5-7,10,13-14H2,(H,28,29)(H,30,31)(H,32,33). The number of aliphatic carboxylic acids is 1. The van der Waals surface area contributed by atoms with E-state index in [1.54, 1.807) is 18.2 Å². The topological polar surface area (TPSA) is 91.3 Å². The van der Waals surface area contributed by atoms with Gasteiger partial charge in [-0.1, -0.05) is 54.6 Å². The number of carbonyl (C=O) groups is 2. The Bertz CT molecular complexity index is 1010. The molecule has 33 heavy (non-hydrogen) atoms. The number of fused-ring (bicyclic) bond motifs is 1. The van der Waals surface area contributed by atoms with Crippen LogP contribution in [0.2, 0.25) is 10.0 Å². The highest BCUT2D eigenvalue weighted by atomic mass is 35.5. The SMILES string of the molecule is O=C(NC(CCCCCC1CC1c1ccc2c(n1)NCCC2)C(=O)O)c1c(Cl)cccc1Cl. The van der Waals surface area contributed by atoms with Gasteiger partial charge in [-0.25, -0.2) is 9.78 Å². The second kappa shape index (κ2) is 10.7. The van der Waals surface area contributed by atoms with Gasteiger partial charge in [0.15, 0.2) is 0 Å². The Balaban J connectivity index is 1.19. The van der Waals surface area contributed by atoms with E-state index in [1.165, 1.54) is 24.1 Å². The summed E-state index contributed by atoms with van der Waals surface area (Å²) in [5.41, 5.74) is 2.62. The third kappa shape index (κ3) is 5.98. The normalized spacial score (nSPS) is 19.8. The summed E-state index contributed by atoms with van der Waals surface area (Å²) in [6.45, 7) is 1.00. The molecule has 0 saturated heterocycles. The Kier molecular flexibility index (Phi) is 7.76. The summed E-state index contributed by atoms with van der Waals surface area (Å²) in [7, 11) is 0. The van der Waals surface area contributed by atoms with Gasteiger partial charge in [0.05, 0.1) is 15.6 Å². The molecular weight excluding hydrogens is 461 g/mol. The van der Waals surface area contributed by atoms with E-state index in [0.29, 0.717) is 18.3 Å². The molecule has 3 unspecified atom stereocenters. The molecule has 0 spiro atoms. The van der Waals surface area contributed by atoms with Crippen LogP contribution in [-0.4, -0.2) is 34.6 Å². The van der Waals surface area contributed by atoms with Crippen molar-refractivity contribution in [2.75, 3.05) is 11.9 Å². The summed E-state index contributed by atoms with van der Waals surface area (Å²) in [6, 6.07) is 8.18. The molecule has 2 aromatic rings. The first-order valence-corrected chi connectivity index (χ1v) is 12.4. The Morgan fingerprint density at radius 1 is 1.15 bits per heavy atom. The second-order valence-corrected chi connectivity index (χ2v) is 9.79. The number of aryl methyl sites for hydroxylation is 1. The second-order valence-electron chi connectivity index (χ2n) is 8.98. The fourth-order valence-electron chi connectivity index (χ4n) is 4.61. The van der Waals surface area contributed by atoms with Crippen LogP contribution in [0, 0.1) is 5.92 Å². The number of carboxylic acid groups (broad SMARTS) is 1. The Morgan fingerprint density at radius 3 is 2.70 bits per heavy atom. The lowest BCUT2D eigenvalue weighted by Crippen LogP contribution is -2.41. The summed E-state index contributed by atoms with van der Waals surface area (Å²) in [5.74, 6) is 0.651. The number of hydrogen-bond donors (Lipinski definition) is 3. The predicted octanol–water partition coefficient (Wildman–Crippen LogP) is 5.68. The van der Waals surface area contributed by atoms with E-state index in [1.807, 2.05) is 0 Å². The number of nitrogens with one attached hydrogen (secondary N) is 2. The minimum absolute atomic E-state index is 0.109. The molecule has 1 aromatic heterocycles. The lowest BCUT2D eigenvalue weighted by Gasteiger charge is -2.17. The molecule has 176 valence electrons. The highest BCUT2D eigenvalue weighted by Crippen LogP contribution is 2.50. The van der Waals surface area contributed by atoms with Crippen molar-refractivity contribution in [2.24, 2.45) is 5.92 Å². The van der Waals surface area contributed by atoms with Crippen molar-refractivity contribution in [3.63, 3.8) is 0 Å². The molecule has 1 aliphatic carbocycles. The number of hydrogen-bond acceptors (Lipinski definition) is 4. The van der Waals surface area contributed by atoms with Gasteiger partial charge in [0.1, 0.15) is 11.9 Å². The van der Waals surface area contributed by atoms with Crippen molar-refractivity contribution >= 4 is 40.9 Å². The van der Waals surface area contributed by atoms with Gasteiger partial charge in [-0.2, -0.15) is 0 Å². The molecule has 1 aromatic carbocycles. The number of amides is 1. The van der Waals surface area contributed by atoms with E-state index in [9.17, 15) is 14.7 Å². The predicted molar refractivity (Wildman–Crippen MR) is 130 cm³/mol. The summed E-state index contributed by atoms with van der Waals surface area (Å²) in [5, 5.41) is 15.9. The van der Waals surface area contributed by atoms with E-state index < -0.39 is 17.9 Å². The van der Waals surface area contributed by atoms with Crippen LogP contribution in [0.3, 0.4) is 0 Å². The molecule has 2 aliphatic rings. The van der Waals surface area contributed by atoms with E-state index in [4.69, 9.17) is 28.2 Å². The Hall–Kier alpha value is -2.31. The fourth-order valence-corrected chi connectivity index (χ4v) is 5.18. The van der Waals surface area contributed by atoms with Gasteiger partial charge >= 0.3 is 5.97 Å². The maximum absolute atomic E-state index is 12.5. The number of halogens is 2. The van der Waals surface area contributed by atoms with E-state index in [0.717, 1.165) is 44.5 Å². The van der Waals surface area contributed by atoms with Gasteiger partial charge in [-0.15, -0.1) is 0 Å². The van der Waals surface area contributed by atoms with Crippen molar-refractivity contribution in [1.29, 1.82) is 0 Å². The maximum atomic E-state index is 12.5. The average Bonchev–Trinajstić information content (AvgIpc) is 3.57. The smallest absolute Gasteiger partial charge is 0.326 e. The number of carbonyl (C=O) groups excluding carboxylic acids is 1. The third-order valence-corrected chi connectivity index (χ3v) is 7.21. The molecule has 0 radical (unpaired) electrons. The lowest BCUT2D eigenvalue weighted by atomic mass is 10.0. The number of unbranched alkanes of at least 4 members (excludes halogenated alkanes) is 2. The summed E-state index contributed by atoms with van der Waals surface area (Å²) >= 11 is 12.1. The average molecular weight is 490 g/mol. The van der Waals surface area contributed by atoms with Crippen LogP contribution < -0.4 is 10.6 Å². The number of rotatable bonds is 10. The summed E-state index contributed by atoms with van der Waals surface area (Å²) in [4.78, 5) is 29.0. The van der Waals surface area contributed by atoms with E-state index in [2.05, 4.69) is 22.8 Å². The van der Waals surface area contributed by atoms with Crippen LogP contribution in [-0.2, 0) is 11.2 Å². The molecule has 3 N–H and O–H groups in total. The first kappa shape index (κ1) is 23.8. The number of pyridine rings is 1. The molecule has 2 heterocycles. The molecule has 4 rings (SSSR count). The number of benzene rings is 1. The van der Waals surface area contributed by atoms with Gasteiger partial charge in [0, 0.05) is 18.2 Å². The van der Waals surface area contributed by atoms with Crippen LogP contribution in [0.5, 0.6) is 0 Å². The molecule has 1 saturated carbocycles. The number of anilines is 1. The Morgan fingerprint density at radius 2 is 1.94 bits per heavy atom. The quantitative estimate of drug-likeness (QED) is 0.373. The van der Waals surface area contributed by atoms with Crippen molar-refractivity contribution in [3.8, 4) is 0 Å². The molecule has 1 fully saturated rings. The third-order valence-electron chi connectivity index (χ3n) is 6.58. The maximum Gasteiger partial charge on any atom is 0.326 e. The van der Waals surface area contributed by atoms with Crippen LogP contribution in [0.25, 0.3) is 0 Å². The molecule has 3 atom stereocenters. The van der Waals surface area contributed by atoms with Crippen molar-refractivity contribution in [3.05, 3.63) is 57.2 Å². The number of aromatic nitrogens is 1. The zero-order valence-electron chi connectivity index (χ0n) is 18.4. The molecule has 0 bridgehead atoms. The zero-order chi connectivity index (χ0) is 23.4. The minimum atomic E-state index is -1.05. The molecular formula is C25H29Cl2N3O3. The first-order valence-electron chi connectivity index (χ1n) is 11.7. The van der Waals surface area contributed by atoms with Crippen molar-refractivity contribution in [2.45, 2.75) is 63.3 Å². The molecule has 6 nitrogen and oxygen atoms in total. The van der Waals surface area contributed by atoms with Gasteiger partial charge < -0.3 is 15.7 Å². The summed E-state index contributed by atoms with van der Waals surface area (Å²) in [6.07, 6.45) is 7.64. The fraction of sp³-hybridized carbons (Fsp3) is 0.480. The summed E-state index contributed by atoms with van der Waals surface area (Å²) < 4.78 is 0. The van der Waals surface area contributed by atoms with Crippen molar-refractivity contribution in [1.82, 2.24) is 10.3 Å². The van der Waals surface area contributed by atoms with Gasteiger partial charge in [0.25, 0.3) is 5.91 Å². The number of carboxylic acids is 1. The van der Waals surface area contributed by atoms with Crippen LogP contribution in [0.4, 0.5) is 5.82 Å². The highest BCUT2D eigenvalue weighted by molar-refractivity contribution is 6.39. The largest absolute Gasteiger partial charge is 0.480 e. The van der Waals surface area contributed by atoms with E-state index in [-0.39, 0.29) is 15.6 Å². The van der Waals surface area contributed by atoms with Crippen LogP contribution >= 0.6 is 23.2 Å². The first-order chi connectivity index (χ1) is 15.9. The lowest BCUT2D eigenvalue weighted by molar-refractivity contribution is -0.139. The minimum Gasteiger partial charge on any atom is -0.480 e. The van der Waals surface area contributed by atoms with Crippen LogP contribution in [0.1, 0.15) is 72.5 Å².